The van der Waals surface area contributed by atoms with Gasteiger partial charge in [-0.3, -0.25) is 4.79 Å². The van der Waals surface area contributed by atoms with Crippen LogP contribution in [-0.4, -0.2) is 37.5 Å². The molecule has 3 heteroatoms. The molecule has 0 radical (unpaired) electrons. The summed E-state index contributed by atoms with van der Waals surface area (Å²) in [5.74, 6) is 1.06. The van der Waals surface area contributed by atoms with Gasteiger partial charge in [0, 0.05) is 13.9 Å². The van der Waals surface area contributed by atoms with Crippen LogP contribution in [0, 0.1) is 11.8 Å². The van der Waals surface area contributed by atoms with Crippen molar-refractivity contribution < 1.29 is 6.22 Å². The minimum atomic E-state index is 0. The van der Waals surface area contributed by atoms with Gasteiger partial charge in [-0.15, -0.1) is 0 Å². The third-order valence-corrected chi connectivity index (χ3v) is 2.77. The van der Waals surface area contributed by atoms with Crippen LogP contribution in [0.4, 0.5) is 0 Å². The fraction of sp³-hybridized carbons (Fsp3) is 0.909. The lowest BCUT2D eigenvalue weighted by atomic mass is 9.96. The van der Waals surface area contributed by atoms with Gasteiger partial charge in [-0.25, -0.2) is 0 Å². The maximum atomic E-state index is 11.7. The number of likely N-dealkylation sites (tertiary alicyclic amines) is 1. The first-order valence-electron chi connectivity index (χ1n) is 5.56. The molecule has 84 valence electrons. The molecule has 0 spiro atoms. The Bertz CT molecular complexity index is 189. The maximum absolute atomic E-state index is 11.7. The van der Waals surface area contributed by atoms with Crippen molar-refractivity contribution in [2.45, 2.75) is 26.7 Å². The van der Waals surface area contributed by atoms with Gasteiger partial charge in [0.15, 0.2) is 0 Å². The van der Waals surface area contributed by atoms with Gasteiger partial charge in [0.1, 0.15) is 0 Å². The minimum Gasteiger partial charge on any atom is -0.356 e. The second kappa shape index (κ2) is 5.35. The third-order valence-electron chi connectivity index (χ3n) is 2.77. The van der Waals surface area contributed by atoms with Crippen molar-refractivity contribution in [1.29, 1.82) is 0 Å². The van der Waals surface area contributed by atoms with E-state index in [1.165, 1.54) is 0 Å². The molecule has 3 nitrogen and oxygen atoms in total. The molecule has 1 heterocycles. The van der Waals surface area contributed by atoms with E-state index in [1.54, 1.807) is 0 Å². The fourth-order valence-electron chi connectivity index (χ4n) is 1.72. The molecule has 0 saturated carbocycles. The highest BCUT2D eigenvalue weighted by atomic mass is 16.1. The first kappa shape index (κ1) is 11.5. The van der Waals surface area contributed by atoms with Gasteiger partial charge in [0.2, 0.25) is 5.91 Å². The smallest absolute Gasteiger partial charge is 0.223 e. The van der Waals surface area contributed by atoms with Crippen molar-refractivity contribution in [2.75, 3.05) is 26.7 Å². The van der Waals surface area contributed by atoms with Crippen LogP contribution >= 0.6 is 0 Å². The van der Waals surface area contributed by atoms with E-state index in [1.807, 2.05) is 0 Å². The molecule has 1 fully saturated rings. The van der Waals surface area contributed by atoms with Crippen LogP contribution in [0.25, 0.3) is 0 Å². The van der Waals surface area contributed by atoms with Crippen LogP contribution in [-0.2, 0) is 4.79 Å². The van der Waals surface area contributed by atoms with E-state index in [4.69, 9.17) is 0 Å². The van der Waals surface area contributed by atoms with Crippen molar-refractivity contribution in [1.82, 2.24) is 10.2 Å². The van der Waals surface area contributed by atoms with Gasteiger partial charge < -0.3 is 10.2 Å². The van der Waals surface area contributed by atoms with Crippen molar-refractivity contribution in [3.05, 3.63) is 0 Å². The zero-order valence-corrected chi connectivity index (χ0v) is 9.55. The lowest BCUT2D eigenvalue weighted by Gasteiger charge is -2.28. The summed E-state index contributed by atoms with van der Waals surface area (Å²) in [6, 6.07) is 0. The van der Waals surface area contributed by atoms with Crippen LogP contribution in [0.3, 0.4) is 0 Å². The zero-order chi connectivity index (χ0) is 10.6. The Morgan fingerprint density at radius 1 is 1.50 bits per heavy atom. The van der Waals surface area contributed by atoms with Crippen molar-refractivity contribution in [2.24, 2.45) is 11.8 Å². The highest BCUT2D eigenvalue weighted by molar-refractivity contribution is 5.78. The molecule has 0 aromatic carbocycles. The molecule has 0 aromatic heterocycles. The van der Waals surface area contributed by atoms with Gasteiger partial charge in [-0.05, 0) is 38.9 Å². The van der Waals surface area contributed by atoms with E-state index in [0.29, 0.717) is 5.92 Å². The number of nitrogens with zero attached hydrogens (tertiary/aromatic N) is 1. The number of amides is 1. The predicted octanol–water partition coefficient (Wildman–Crippen LogP) is 1.35. The molecule has 0 atom stereocenters. The normalized spacial score (nSPS) is 20.0. The molecule has 0 unspecified atom stereocenters. The van der Waals surface area contributed by atoms with Crippen LogP contribution < -0.4 is 5.32 Å². The van der Waals surface area contributed by atoms with E-state index in [-0.39, 0.29) is 13.3 Å². The Labute approximate surface area is 88.3 Å². The van der Waals surface area contributed by atoms with Gasteiger partial charge in [-0.1, -0.05) is 13.8 Å². The van der Waals surface area contributed by atoms with Gasteiger partial charge in [-0.2, -0.15) is 0 Å². The molecule has 1 amide bonds. The number of carbonyl (C=O) groups excluding carboxylic acids is 1. The third kappa shape index (κ3) is 3.66. The van der Waals surface area contributed by atoms with E-state index in [0.717, 1.165) is 32.5 Å². The van der Waals surface area contributed by atoms with E-state index >= 15 is 0 Å². The van der Waals surface area contributed by atoms with Crippen LogP contribution in [0.2, 0.25) is 0 Å². The van der Waals surface area contributed by atoms with Crippen molar-refractivity contribution in [3.8, 4) is 0 Å². The summed E-state index contributed by atoms with van der Waals surface area (Å²) in [5.41, 5.74) is 0. The highest BCUT2D eigenvalue weighted by Gasteiger charge is 2.22. The molecule has 1 N–H and O–H groups in total. The molecule has 1 rings (SSSR count). The molecule has 1 aliphatic rings. The summed E-state index contributed by atoms with van der Waals surface area (Å²) in [5, 5.41) is 3.01. The first-order chi connectivity index (χ1) is 6.59. The van der Waals surface area contributed by atoms with Gasteiger partial charge in [0.25, 0.3) is 0 Å². The predicted molar refractivity (Wildman–Crippen MR) is 60.2 cm³/mol. The standard InChI is InChI=1S/C11H22N2O.H2/c1-9(2)8-12-11(14)10-4-6-13(3)7-5-10;/h9-10H,4-8H2,1-3H3,(H,12,14);1H. The van der Waals surface area contributed by atoms with E-state index in [9.17, 15) is 4.79 Å². The van der Waals surface area contributed by atoms with Crippen LogP contribution in [0.5, 0.6) is 0 Å². The molecule has 0 bridgehead atoms. The number of hydrogen-bond acceptors (Lipinski definition) is 2. The van der Waals surface area contributed by atoms with Gasteiger partial charge >= 0.3 is 0 Å². The molecule has 14 heavy (non-hydrogen) atoms. The van der Waals surface area contributed by atoms with Crippen LogP contribution in [0.15, 0.2) is 0 Å². The SMILES string of the molecule is CC(C)CNC(=O)C1CCN(C)CC1.[HH]. The minimum absolute atomic E-state index is 0. The number of hydrogen-bond donors (Lipinski definition) is 1. The number of rotatable bonds is 3. The fourth-order valence-corrected chi connectivity index (χ4v) is 1.72. The number of piperidine rings is 1. The Morgan fingerprint density at radius 3 is 2.57 bits per heavy atom. The Hall–Kier alpha value is -0.570. The van der Waals surface area contributed by atoms with E-state index < -0.39 is 0 Å². The summed E-state index contributed by atoms with van der Waals surface area (Å²) in [6.45, 7) is 7.16. The molecule has 1 aliphatic heterocycles. The summed E-state index contributed by atoms with van der Waals surface area (Å²) >= 11 is 0. The Morgan fingerprint density at radius 2 is 2.07 bits per heavy atom. The summed E-state index contributed by atoms with van der Waals surface area (Å²) in [4.78, 5) is 14.0. The molecule has 1 saturated heterocycles. The number of carbonyl (C=O) groups is 1. The monoisotopic (exact) mass is 200 g/mol. The lowest BCUT2D eigenvalue weighted by molar-refractivity contribution is -0.126. The molecular weight excluding hydrogens is 176 g/mol. The van der Waals surface area contributed by atoms with Crippen molar-refractivity contribution >= 4 is 5.91 Å². The second-order valence-corrected chi connectivity index (χ2v) is 4.72. The summed E-state index contributed by atoms with van der Waals surface area (Å²) in [7, 11) is 2.11. The first-order valence-corrected chi connectivity index (χ1v) is 5.56. The topological polar surface area (TPSA) is 32.3 Å². The molecular formula is C11H24N2O. The Kier molecular flexibility index (Phi) is 4.39. The average molecular weight is 200 g/mol. The Balaban J connectivity index is 0.00000196. The molecule has 0 aromatic rings. The van der Waals surface area contributed by atoms with E-state index in [2.05, 4.69) is 31.1 Å². The van der Waals surface area contributed by atoms with Crippen LogP contribution in [0.1, 0.15) is 28.1 Å². The lowest BCUT2D eigenvalue weighted by Crippen LogP contribution is -2.39. The van der Waals surface area contributed by atoms with Gasteiger partial charge in [0.05, 0.1) is 0 Å². The average Bonchev–Trinajstić information content (AvgIpc) is 2.15. The van der Waals surface area contributed by atoms with Crippen molar-refractivity contribution in [3.63, 3.8) is 0 Å². The quantitative estimate of drug-likeness (QED) is 0.746. The highest BCUT2D eigenvalue weighted by Crippen LogP contribution is 2.15. The second-order valence-electron chi connectivity index (χ2n) is 4.72. The largest absolute Gasteiger partial charge is 0.356 e. The maximum Gasteiger partial charge on any atom is 0.223 e. The zero-order valence-electron chi connectivity index (χ0n) is 9.55. The summed E-state index contributed by atoms with van der Waals surface area (Å²) < 4.78 is 0. The summed E-state index contributed by atoms with van der Waals surface area (Å²) in [6.07, 6.45) is 2.03. The molecule has 0 aliphatic carbocycles. The number of nitrogens with one attached hydrogen (secondary N) is 1.